The van der Waals surface area contributed by atoms with E-state index in [1.54, 1.807) is 6.08 Å². The minimum absolute atomic E-state index is 0.192. The molecule has 0 aliphatic carbocycles. The van der Waals surface area contributed by atoms with Crippen LogP contribution >= 0.6 is 0 Å². The van der Waals surface area contributed by atoms with Crippen LogP contribution in [0.3, 0.4) is 0 Å². The number of hydrogen-bond acceptors (Lipinski definition) is 4. The van der Waals surface area contributed by atoms with Gasteiger partial charge in [-0.3, -0.25) is 0 Å². The molecule has 1 atom stereocenters. The molecule has 2 N–H and O–H groups in total. The van der Waals surface area contributed by atoms with E-state index in [1.165, 1.54) is 5.56 Å². The third-order valence-corrected chi connectivity index (χ3v) is 2.92. The summed E-state index contributed by atoms with van der Waals surface area (Å²) in [5.41, 5.74) is 2.15. The van der Waals surface area contributed by atoms with Crippen LogP contribution in [0.15, 0.2) is 49.1 Å². The zero-order valence-corrected chi connectivity index (χ0v) is 11.9. The minimum atomic E-state index is 0.192. The van der Waals surface area contributed by atoms with Gasteiger partial charge in [-0.15, -0.1) is 6.58 Å². The Kier molecular flexibility index (Phi) is 4.71. The molecule has 0 fully saturated rings. The maximum atomic E-state index is 4.46. The second kappa shape index (κ2) is 6.70. The second-order valence-corrected chi connectivity index (χ2v) is 4.66. The Labute approximate surface area is 120 Å². The second-order valence-electron chi connectivity index (χ2n) is 4.66. The van der Waals surface area contributed by atoms with Crippen molar-refractivity contribution in [2.24, 2.45) is 0 Å². The molecule has 0 aliphatic heterocycles. The molecule has 0 bridgehead atoms. The molecule has 1 aromatic carbocycles. The SMILES string of the molecule is C=CCNc1nc(C)cc(NC(C)c2ccccc2)n1. The summed E-state index contributed by atoms with van der Waals surface area (Å²) in [4.78, 5) is 8.80. The van der Waals surface area contributed by atoms with Gasteiger partial charge in [-0.25, -0.2) is 4.98 Å². The number of rotatable bonds is 6. The highest BCUT2D eigenvalue weighted by atomic mass is 15.1. The molecule has 0 saturated carbocycles. The monoisotopic (exact) mass is 268 g/mol. The van der Waals surface area contributed by atoms with E-state index in [4.69, 9.17) is 0 Å². The molecule has 104 valence electrons. The average molecular weight is 268 g/mol. The first-order valence-corrected chi connectivity index (χ1v) is 6.71. The molecule has 4 heteroatoms. The van der Waals surface area contributed by atoms with Gasteiger partial charge < -0.3 is 10.6 Å². The summed E-state index contributed by atoms with van der Waals surface area (Å²) < 4.78 is 0. The molecule has 1 heterocycles. The highest BCUT2D eigenvalue weighted by Crippen LogP contribution is 2.18. The van der Waals surface area contributed by atoms with Gasteiger partial charge in [-0.1, -0.05) is 36.4 Å². The normalized spacial score (nSPS) is 11.7. The molecule has 2 rings (SSSR count). The average Bonchev–Trinajstić information content (AvgIpc) is 2.45. The van der Waals surface area contributed by atoms with E-state index in [9.17, 15) is 0 Å². The van der Waals surface area contributed by atoms with E-state index in [0.717, 1.165) is 11.5 Å². The van der Waals surface area contributed by atoms with Crippen molar-refractivity contribution < 1.29 is 0 Å². The van der Waals surface area contributed by atoms with Crippen LogP contribution in [0.5, 0.6) is 0 Å². The maximum Gasteiger partial charge on any atom is 0.225 e. The number of anilines is 2. The summed E-state index contributed by atoms with van der Waals surface area (Å²) >= 11 is 0. The largest absolute Gasteiger partial charge is 0.363 e. The van der Waals surface area contributed by atoms with Crippen LogP contribution in [0.4, 0.5) is 11.8 Å². The van der Waals surface area contributed by atoms with Gasteiger partial charge in [0.15, 0.2) is 0 Å². The topological polar surface area (TPSA) is 49.8 Å². The van der Waals surface area contributed by atoms with Crippen molar-refractivity contribution in [2.45, 2.75) is 19.9 Å². The summed E-state index contributed by atoms with van der Waals surface area (Å²) in [6.07, 6.45) is 1.78. The molecule has 4 nitrogen and oxygen atoms in total. The molecular formula is C16H20N4. The standard InChI is InChI=1S/C16H20N4/c1-4-10-17-16-18-12(2)11-15(20-16)19-13(3)14-8-6-5-7-9-14/h4-9,11,13H,1,10H2,2-3H3,(H2,17,18,19,20). The summed E-state index contributed by atoms with van der Waals surface area (Å²) in [6, 6.07) is 12.4. The first kappa shape index (κ1) is 14.1. The number of benzene rings is 1. The Hall–Kier alpha value is -2.36. The van der Waals surface area contributed by atoms with Crippen molar-refractivity contribution in [3.8, 4) is 0 Å². The number of aryl methyl sites for hydroxylation is 1. The predicted molar refractivity (Wildman–Crippen MR) is 83.9 cm³/mol. The van der Waals surface area contributed by atoms with E-state index in [2.05, 4.69) is 46.2 Å². The summed E-state index contributed by atoms with van der Waals surface area (Å²) in [7, 11) is 0. The van der Waals surface area contributed by atoms with Crippen molar-refractivity contribution in [2.75, 3.05) is 17.2 Å². The molecule has 0 radical (unpaired) electrons. The van der Waals surface area contributed by atoms with Crippen LogP contribution in [0.2, 0.25) is 0 Å². The number of aromatic nitrogens is 2. The van der Waals surface area contributed by atoms with Crippen molar-refractivity contribution in [3.63, 3.8) is 0 Å². The van der Waals surface area contributed by atoms with E-state index < -0.39 is 0 Å². The molecule has 2 aromatic rings. The van der Waals surface area contributed by atoms with Crippen LogP contribution < -0.4 is 10.6 Å². The maximum absolute atomic E-state index is 4.46. The molecular weight excluding hydrogens is 248 g/mol. The third kappa shape index (κ3) is 3.82. The Bertz CT molecular complexity index is 566. The number of nitrogens with zero attached hydrogens (tertiary/aromatic N) is 2. The van der Waals surface area contributed by atoms with Crippen molar-refractivity contribution in [1.29, 1.82) is 0 Å². The first-order valence-electron chi connectivity index (χ1n) is 6.71. The third-order valence-electron chi connectivity index (χ3n) is 2.92. The number of hydrogen-bond donors (Lipinski definition) is 2. The predicted octanol–water partition coefficient (Wildman–Crippen LogP) is 3.56. The van der Waals surface area contributed by atoms with Gasteiger partial charge in [0.1, 0.15) is 5.82 Å². The molecule has 0 amide bonds. The van der Waals surface area contributed by atoms with Gasteiger partial charge in [-0.05, 0) is 19.4 Å². The van der Waals surface area contributed by atoms with Gasteiger partial charge in [-0.2, -0.15) is 4.98 Å². The van der Waals surface area contributed by atoms with E-state index >= 15 is 0 Å². The van der Waals surface area contributed by atoms with Gasteiger partial charge in [0.05, 0.1) is 0 Å². The Morgan fingerprint density at radius 2 is 2.00 bits per heavy atom. The summed E-state index contributed by atoms with van der Waals surface area (Å²) in [5.74, 6) is 1.44. The van der Waals surface area contributed by atoms with Crippen LogP contribution in [0.1, 0.15) is 24.2 Å². The lowest BCUT2D eigenvalue weighted by atomic mass is 10.1. The fraction of sp³-hybridized carbons (Fsp3) is 0.250. The smallest absolute Gasteiger partial charge is 0.225 e. The Morgan fingerprint density at radius 1 is 1.25 bits per heavy atom. The fourth-order valence-corrected chi connectivity index (χ4v) is 1.93. The zero-order valence-electron chi connectivity index (χ0n) is 11.9. The van der Waals surface area contributed by atoms with Crippen LogP contribution in [0, 0.1) is 6.92 Å². The summed E-state index contributed by atoms with van der Waals surface area (Å²) in [6.45, 7) is 8.40. The van der Waals surface area contributed by atoms with E-state index in [0.29, 0.717) is 12.5 Å². The van der Waals surface area contributed by atoms with Crippen molar-refractivity contribution in [1.82, 2.24) is 9.97 Å². The molecule has 20 heavy (non-hydrogen) atoms. The minimum Gasteiger partial charge on any atom is -0.363 e. The van der Waals surface area contributed by atoms with E-state index in [-0.39, 0.29) is 6.04 Å². The van der Waals surface area contributed by atoms with Crippen molar-refractivity contribution >= 4 is 11.8 Å². The molecule has 0 aliphatic rings. The lowest BCUT2D eigenvalue weighted by molar-refractivity contribution is 0.870. The lowest BCUT2D eigenvalue weighted by Crippen LogP contribution is -2.11. The molecule has 1 aromatic heterocycles. The summed E-state index contributed by atoms with van der Waals surface area (Å²) in [5, 5.41) is 6.51. The number of nitrogens with one attached hydrogen (secondary N) is 2. The van der Waals surface area contributed by atoms with Crippen LogP contribution in [-0.2, 0) is 0 Å². The van der Waals surface area contributed by atoms with Gasteiger partial charge in [0.25, 0.3) is 0 Å². The highest BCUT2D eigenvalue weighted by molar-refractivity contribution is 5.44. The Balaban J connectivity index is 2.12. The molecule has 1 unspecified atom stereocenters. The zero-order chi connectivity index (χ0) is 14.4. The van der Waals surface area contributed by atoms with Crippen LogP contribution in [-0.4, -0.2) is 16.5 Å². The van der Waals surface area contributed by atoms with E-state index in [1.807, 2.05) is 31.2 Å². The quantitative estimate of drug-likeness (QED) is 0.787. The highest BCUT2D eigenvalue weighted by Gasteiger charge is 2.07. The first-order chi connectivity index (χ1) is 9.69. The van der Waals surface area contributed by atoms with Gasteiger partial charge in [0.2, 0.25) is 5.95 Å². The van der Waals surface area contributed by atoms with Crippen LogP contribution in [0.25, 0.3) is 0 Å². The Morgan fingerprint density at radius 3 is 2.70 bits per heavy atom. The van der Waals surface area contributed by atoms with Gasteiger partial charge >= 0.3 is 0 Å². The molecule has 0 spiro atoms. The van der Waals surface area contributed by atoms with Crippen molar-refractivity contribution in [3.05, 3.63) is 60.3 Å². The molecule has 0 saturated heterocycles. The fourth-order valence-electron chi connectivity index (χ4n) is 1.93. The lowest BCUT2D eigenvalue weighted by Gasteiger charge is -2.16. The van der Waals surface area contributed by atoms with Gasteiger partial charge in [0, 0.05) is 24.3 Å².